The second-order valence-corrected chi connectivity index (χ2v) is 6.57. The molecule has 3 aromatic rings. The molecular weight excluding hydrogens is 338 g/mol. The molecule has 4 heteroatoms. The fraction of sp³-hybridized carbons (Fsp3) is 0.217. The third kappa shape index (κ3) is 4.73. The van der Waals surface area contributed by atoms with Gasteiger partial charge in [-0.05, 0) is 67.3 Å². The third-order valence-corrected chi connectivity index (χ3v) is 4.46. The van der Waals surface area contributed by atoms with E-state index in [9.17, 15) is 4.79 Å². The number of carbonyl (C=O) groups is 1. The molecule has 0 atom stereocenters. The summed E-state index contributed by atoms with van der Waals surface area (Å²) in [6, 6.07) is 17.0. The van der Waals surface area contributed by atoms with Crippen molar-refractivity contribution in [2.75, 3.05) is 0 Å². The van der Waals surface area contributed by atoms with Crippen LogP contribution in [0.2, 0.25) is 0 Å². The average molecular weight is 361 g/mol. The maximum atomic E-state index is 11.1. The summed E-state index contributed by atoms with van der Waals surface area (Å²) in [5.74, 6) is 0.417. The van der Waals surface area contributed by atoms with Crippen molar-refractivity contribution in [3.8, 4) is 11.3 Å². The van der Waals surface area contributed by atoms with Gasteiger partial charge in [-0.15, -0.1) is 0 Å². The van der Waals surface area contributed by atoms with E-state index in [1.54, 1.807) is 24.4 Å². The van der Waals surface area contributed by atoms with Gasteiger partial charge in [0.15, 0.2) is 0 Å². The summed E-state index contributed by atoms with van der Waals surface area (Å²) < 4.78 is 5.85. The van der Waals surface area contributed by atoms with E-state index in [2.05, 4.69) is 24.0 Å². The van der Waals surface area contributed by atoms with Crippen LogP contribution in [0.5, 0.6) is 0 Å². The van der Waals surface area contributed by atoms with Gasteiger partial charge in [-0.25, -0.2) is 4.79 Å². The molecule has 0 saturated heterocycles. The Hall–Kier alpha value is -3.14. The monoisotopic (exact) mass is 361 g/mol. The van der Waals surface area contributed by atoms with Gasteiger partial charge in [-0.2, -0.15) is 0 Å². The molecule has 0 aliphatic rings. The van der Waals surface area contributed by atoms with Gasteiger partial charge < -0.3 is 9.52 Å². The van der Waals surface area contributed by atoms with E-state index in [0.29, 0.717) is 11.5 Å². The molecular formula is C23H23NO3. The molecule has 1 N–H and O–H groups in total. The lowest BCUT2D eigenvalue weighted by Crippen LogP contribution is -1.96. The van der Waals surface area contributed by atoms with Crippen molar-refractivity contribution in [3.05, 3.63) is 77.0 Å². The molecule has 1 heterocycles. The fourth-order valence-electron chi connectivity index (χ4n) is 2.91. The van der Waals surface area contributed by atoms with E-state index in [-0.39, 0.29) is 5.56 Å². The standard InChI is InChI=1S/C23H23NO3/c1-3-4-5-17-6-9-19(10-7-17)24-15-20-11-13-22(27-20)21-12-8-18(23(25)26)14-16(21)2/h6-15H,3-5H2,1-2H3,(H,25,26). The van der Waals surface area contributed by atoms with Crippen LogP contribution in [0.4, 0.5) is 5.69 Å². The van der Waals surface area contributed by atoms with Gasteiger partial charge in [0.25, 0.3) is 0 Å². The van der Waals surface area contributed by atoms with Crippen LogP contribution in [0.3, 0.4) is 0 Å². The first kappa shape index (κ1) is 18.6. The number of benzene rings is 2. The van der Waals surface area contributed by atoms with Gasteiger partial charge in [0, 0.05) is 5.56 Å². The fourth-order valence-corrected chi connectivity index (χ4v) is 2.91. The van der Waals surface area contributed by atoms with Crippen molar-refractivity contribution >= 4 is 17.9 Å². The molecule has 0 fully saturated rings. The predicted octanol–water partition coefficient (Wildman–Crippen LogP) is 6.05. The number of nitrogens with zero attached hydrogens (tertiary/aromatic N) is 1. The van der Waals surface area contributed by atoms with Crippen LogP contribution in [-0.4, -0.2) is 17.3 Å². The molecule has 0 unspecified atom stereocenters. The van der Waals surface area contributed by atoms with E-state index >= 15 is 0 Å². The van der Waals surface area contributed by atoms with E-state index in [1.165, 1.54) is 18.4 Å². The molecule has 3 rings (SSSR count). The summed E-state index contributed by atoms with van der Waals surface area (Å²) in [6.45, 7) is 4.07. The summed E-state index contributed by atoms with van der Waals surface area (Å²) >= 11 is 0. The quantitative estimate of drug-likeness (QED) is 0.521. The van der Waals surface area contributed by atoms with Gasteiger partial charge in [0.2, 0.25) is 0 Å². The lowest BCUT2D eigenvalue weighted by molar-refractivity contribution is 0.0697. The molecule has 0 saturated carbocycles. The Morgan fingerprint density at radius 1 is 1.11 bits per heavy atom. The molecule has 0 aliphatic carbocycles. The summed E-state index contributed by atoms with van der Waals surface area (Å²) in [4.78, 5) is 15.5. The van der Waals surface area contributed by atoms with E-state index in [0.717, 1.165) is 23.2 Å². The molecule has 0 aliphatic heterocycles. The first-order valence-corrected chi connectivity index (χ1v) is 9.14. The second-order valence-electron chi connectivity index (χ2n) is 6.57. The SMILES string of the molecule is CCCCc1ccc(N=Cc2ccc(-c3ccc(C(=O)O)cc3C)o2)cc1. The second kappa shape index (κ2) is 8.49. The molecule has 2 aromatic carbocycles. The minimum Gasteiger partial charge on any atom is -0.478 e. The van der Waals surface area contributed by atoms with Crippen molar-refractivity contribution in [3.63, 3.8) is 0 Å². The molecule has 0 bridgehead atoms. The number of furan rings is 1. The van der Waals surface area contributed by atoms with Crippen molar-refractivity contribution in [1.29, 1.82) is 0 Å². The summed E-state index contributed by atoms with van der Waals surface area (Å²) in [7, 11) is 0. The predicted molar refractivity (Wildman–Crippen MR) is 108 cm³/mol. The number of hydrogen-bond donors (Lipinski definition) is 1. The van der Waals surface area contributed by atoms with Crippen LogP contribution in [0.1, 0.15) is 47.0 Å². The Balaban J connectivity index is 1.72. The van der Waals surface area contributed by atoms with Crippen LogP contribution in [0, 0.1) is 6.92 Å². The van der Waals surface area contributed by atoms with Crippen LogP contribution in [0.15, 0.2) is 64.0 Å². The lowest BCUT2D eigenvalue weighted by Gasteiger charge is -2.03. The lowest BCUT2D eigenvalue weighted by atomic mass is 10.0. The molecule has 4 nitrogen and oxygen atoms in total. The number of rotatable bonds is 7. The highest BCUT2D eigenvalue weighted by Crippen LogP contribution is 2.26. The number of carboxylic acid groups (broad SMARTS) is 1. The first-order valence-electron chi connectivity index (χ1n) is 9.14. The maximum absolute atomic E-state index is 11.1. The van der Waals surface area contributed by atoms with E-state index < -0.39 is 5.97 Å². The largest absolute Gasteiger partial charge is 0.478 e. The smallest absolute Gasteiger partial charge is 0.335 e. The minimum absolute atomic E-state index is 0.270. The zero-order valence-corrected chi connectivity index (χ0v) is 15.6. The topological polar surface area (TPSA) is 62.8 Å². The van der Waals surface area contributed by atoms with Crippen LogP contribution in [-0.2, 0) is 6.42 Å². The number of hydrogen-bond acceptors (Lipinski definition) is 3. The van der Waals surface area contributed by atoms with Gasteiger partial charge in [-0.3, -0.25) is 4.99 Å². The molecule has 0 amide bonds. The van der Waals surface area contributed by atoms with Crippen LogP contribution in [0.25, 0.3) is 11.3 Å². The molecule has 27 heavy (non-hydrogen) atoms. The maximum Gasteiger partial charge on any atom is 0.335 e. The summed E-state index contributed by atoms with van der Waals surface area (Å²) in [6.07, 6.45) is 5.19. The zero-order chi connectivity index (χ0) is 19.2. The average Bonchev–Trinajstić information content (AvgIpc) is 3.14. The van der Waals surface area contributed by atoms with E-state index in [1.807, 2.05) is 31.2 Å². The minimum atomic E-state index is -0.933. The molecule has 138 valence electrons. The van der Waals surface area contributed by atoms with Crippen molar-refractivity contribution in [2.45, 2.75) is 33.1 Å². The normalized spacial score (nSPS) is 11.2. The summed E-state index contributed by atoms with van der Waals surface area (Å²) in [5.41, 5.74) is 4.22. The molecule has 1 aromatic heterocycles. The zero-order valence-electron chi connectivity index (χ0n) is 15.6. The van der Waals surface area contributed by atoms with Crippen LogP contribution < -0.4 is 0 Å². The number of aryl methyl sites for hydroxylation is 2. The highest BCUT2D eigenvalue weighted by atomic mass is 16.4. The van der Waals surface area contributed by atoms with Gasteiger partial charge in [-0.1, -0.05) is 31.5 Å². The van der Waals surface area contributed by atoms with E-state index in [4.69, 9.17) is 9.52 Å². The van der Waals surface area contributed by atoms with Crippen molar-refractivity contribution in [1.82, 2.24) is 0 Å². The van der Waals surface area contributed by atoms with Gasteiger partial charge in [0.1, 0.15) is 11.5 Å². The number of carboxylic acids is 1. The number of aromatic carboxylic acids is 1. The van der Waals surface area contributed by atoms with Crippen LogP contribution >= 0.6 is 0 Å². The Bertz CT molecular complexity index is 952. The Kier molecular flexibility index (Phi) is 5.87. The van der Waals surface area contributed by atoms with Gasteiger partial charge >= 0.3 is 5.97 Å². The first-order chi connectivity index (χ1) is 13.1. The van der Waals surface area contributed by atoms with Gasteiger partial charge in [0.05, 0.1) is 17.5 Å². The highest BCUT2D eigenvalue weighted by molar-refractivity contribution is 5.89. The number of aliphatic imine (C=N–C) groups is 1. The summed E-state index contributed by atoms with van der Waals surface area (Å²) in [5, 5.41) is 9.07. The van der Waals surface area contributed by atoms with Crippen molar-refractivity contribution in [2.24, 2.45) is 4.99 Å². The Labute approximate surface area is 159 Å². The Morgan fingerprint density at radius 3 is 2.56 bits per heavy atom. The molecule has 0 radical (unpaired) electrons. The number of unbranched alkanes of at least 4 members (excludes halogenated alkanes) is 1. The molecule has 0 spiro atoms. The third-order valence-electron chi connectivity index (χ3n) is 4.46. The Morgan fingerprint density at radius 2 is 1.89 bits per heavy atom. The highest BCUT2D eigenvalue weighted by Gasteiger charge is 2.10. The van der Waals surface area contributed by atoms with Crippen molar-refractivity contribution < 1.29 is 14.3 Å².